The van der Waals surface area contributed by atoms with Gasteiger partial charge in [0.25, 0.3) is 0 Å². The van der Waals surface area contributed by atoms with E-state index in [1.807, 2.05) is 0 Å². The highest BCUT2D eigenvalue weighted by Crippen LogP contribution is 2.52. The molecule has 0 N–H and O–H groups in total. The first-order valence-electron chi connectivity index (χ1n) is 4.42. The number of alkyl halides is 1. The van der Waals surface area contributed by atoms with E-state index < -0.39 is 0 Å². The Hall–Kier alpha value is 0.690. The largest absolute Gasteiger partial charge is 0.377 e. The molecule has 2 aliphatic rings. The molecule has 1 unspecified atom stereocenters. The van der Waals surface area contributed by atoms with Gasteiger partial charge in [-0.3, -0.25) is 0 Å². The summed E-state index contributed by atoms with van der Waals surface area (Å²) < 4.78 is 6.88. The van der Waals surface area contributed by atoms with Crippen molar-refractivity contribution in [3.05, 3.63) is 0 Å². The lowest BCUT2D eigenvalue weighted by Crippen LogP contribution is -2.36. The Labute approximate surface area is 82.0 Å². The Bertz CT molecular complexity index is 152. The third-order valence-electron chi connectivity index (χ3n) is 3.02. The maximum Gasteiger partial charge on any atom is 0.0670 e. The van der Waals surface area contributed by atoms with Crippen LogP contribution in [-0.4, -0.2) is 17.1 Å². The molecule has 2 rings (SSSR count). The second-order valence-corrected chi connectivity index (χ2v) is 5.19. The number of hydrogen-bond donors (Lipinski definition) is 0. The van der Waals surface area contributed by atoms with Crippen LogP contribution >= 0.6 is 22.6 Å². The van der Waals surface area contributed by atoms with Gasteiger partial charge >= 0.3 is 0 Å². The summed E-state index contributed by atoms with van der Waals surface area (Å²) in [5.74, 6) is 0.964. The predicted molar refractivity (Wildman–Crippen MR) is 54.1 cm³/mol. The molecule has 0 aromatic carbocycles. The van der Waals surface area contributed by atoms with Crippen molar-refractivity contribution in [1.82, 2.24) is 0 Å². The molecule has 11 heavy (non-hydrogen) atoms. The molecule has 0 bridgehead atoms. The summed E-state index contributed by atoms with van der Waals surface area (Å²) in [6.07, 6.45) is 4.74. The number of ether oxygens (including phenoxy) is 1. The van der Waals surface area contributed by atoms with Gasteiger partial charge in [-0.1, -0.05) is 29.5 Å². The molecule has 2 heteroatoms. The van der Waals surface area contributed by atoms with E-state index in [2.05, 4.69) is 29.5 Å². The lowest BCUT2D eigenvalue weighted by molar-refractivity contribution is 0.0410. The Morgan fingerprint density at radius 3 is 2.64 bits per heavy atom. The van der Waals surface area contributed by atoms with Gasteiger partial charge in [-0.25, -0.2) is 0 Å². The summed E-state index contributed by atoms with van der Waals surface area (Å²) in [7, 11) is 0. The van der Waals surface area contributed by atoms with Crippen LogP contribution in [0.25, 0.3) is 0 Å². The van der Waals surface area contributed by atoms with Gasteiger partial charge in [0.2, 0.25) is 0 Å². The summed E-state index contributed by atoms with van der Waals surface area (Å²) in [6, 6.07) is 0. The average Bonchev–Trinajstić information content (AvgIpc) is 2.31. The van der Waals surface area contributed by atoms with Crippen molar-refractivity contribution in [1.29, 1.82) is 0 Å². The minimum Gasteiger partial charge on any atom is -0.377 e. The molecule has 64 valence electrons. The van der Waals surface area contributed by atoms with Crippen LogP contribution in [0.5, 0.6) is 0 Å². The highest BCUT2D eigenvalue weighted by molar-refractivity contribution is 14.1. The van der Waals surface area contributed by atoms with Gasteiger partial charge in [-0.05, 0) is 30.6 Å². The first-order valence-corrected chi connectivity index (χ1v) is 5.94. The second-order valence-electron chi connectivity index (χ2n) is 4.30. The minimum atomic E-state index is 0.572. The topological polar surface area (TPSA) is 9.23 Å². The van der Waals surface area contributed by atoms with E-state index in [0.717, 1.165) is 12.5 Å². The highest BCUT2D eigenvalue weighted by Gasteiger charge is 2.47. The number of hydrogen-bond acceptors (Lipinski definition) is 1. The first kappa shape index (κ1) is 8.30. The van der Waals surface area contributed by atoms with Gasteiger partial charge < -0.3 is 4.74 Å². The summed E-state index contributed by atoms with van der Waals surface area (Å²) in [5.41, 5.74) is 0.634. The SMILES string of the molecule is CC1CC2(COC(CI)C2)C1. The molecule has 1 saturated heterocycles. The van der Waals surface area contributed by atoms with Crippen molar-refractivity contribution in [3.63, 3.8) is 0 Å². The number of halogens is 1. The van der Waals surface area contributed by atoms with Crippen LogP contribution in [0.1, 0.15) is 26.2 Å². The standard InChI is InChI=1S/C9H15IO/c1-7-2-9(3-7)4-8(5-10)11-6-9/h7-8H,2-6H2,1H3. The normalized spacial score (nSPS) is 49.6. The minimum absolute atomic E-state index is 0.572. The monoisotopic (exact) mass is 266 g/mol. The summed E-state index contributed by atoms with van der Waals surface area (Å²) in [4.78, 5) is 0. The van der Waals surface area contributed by atoms with Crippen molar-refractivity contribution in [2.75, 3.05) is 11.0 Å². The Balaban J connectivity index is 1.89. The van der Waals surface area contributed by atoms with Crippen LogP contribution in [0.4, 0.5) is 0 Å². The van der Waals surface area contributed by atoms with Crippen molar-refractivity contribution in [2.45, 2.75) is 32.3 Å². The number of rotatable bonds is 1. The van der Waals surface area contributed by atoms with Gasteiger partial charge in [0.15, 0.2) is 0 Å². The van der Waals surface area contributed by atoms with Gasteiger partial charge in [0.05, 0.1) is 12.7 Å². The van der Waals surface area contributed by atoms with E-state index in [1.54, 1.807) is 0 Å². The van der Waals surface area contributed by atoms with E-state index >= 15 is 0 Å². The van der Waals surface area contributed by atoms with Gasteiger partial charge in [0.1, 0.15) is 0 Å². The molecule has 1 heterocycles. The molecule has 0 aromatic rings. The Kier molecular flexibility index (Phi) is 2.17. The van der Waals surface area contributed by atoms with Gasteiger partial charge in [-0.15, -0.1) is 0 Å². The van der Waals surface area contributed by atoms with Gasteiger partial charge in [0, 0.05) is 4.43 Å². The van der Waals surface area contributed by atoms with E-state index in [-0.39, 0.29) is 0 Å². The molecule has 1 atom stereocenters. The molecule has 0 amide bonds. The van der Waals surface area contributed by atoms with Crippen molar-refractivity contribution in [3.8, 4) is 0 Å². The van der Waals surface area contributed by atoms with Crippen molar-refractivity contribution in [2.24, 2.45) is 11.3 Å². The van der Waals surface area contributed by atoms with E-state index in [1.165, 1.54) is 23.7 Å². The fourth-order valence-electron chi connectivity index (χ4n) is 2.70. The van der Waals surface area contributed by atoms with E-state index in [9.17, 15) is 0 Å². The van der Waals surface area contributed by atoms with Crippen LogP contribution < -0.4 is 0 Å². The zero-order chi connectivity index (χ0) is 7.90. The molecule has 0 radical (unpaired) electrons. The molecule has 1 nitrogen and oxygen atoms in total. The Morgan fingerprint density at radius 2 is 2.18 bits per heavy atom. The zero-order valence-electron chi connectivity index (χ0n) is 6.98. The lowest BCUT2D eigenvalue weighted by atomic mass is 9.62. The fraction of sp³-hybridized carbons (Fsp3) is 1.00. The van der Waals surface area contributed by atoms with Crippen molar-refractivity contribution >= 4 is 22.6 Å². The average molecular weight is 266 g/mol. The van der Waals surface area contributed by atoms with Crippen LogP contribution in [0.2, 0.25) is 0 Å². The summed E-state index contributed by atoms with van der Waals surface area (Å²) >= 11 is 2.43. The maximum absolute atomic E-state index is 5.70. The fourth-order valence-corrected chi connectivity index (χ4v) is 3.26. The van der Waals surface area contributed by atoms with Crippen LogP contribution in [0.15, 0.2) is 0 Å². The molecule has 1 spiro atoms. The summed E-state index contributed by atoms with van der Waals surface area (Å²) in [5, 5.41) is 0. The first-order chi connectivity index (χ1) is 5.24. The van der Waals surface area contributed by atoms with Gasteiger partial charge in [-0.2, -0.15) is 0 Å². The zero-order valence-corrected chi connectivity index (χ0v) is 9.13. The van der Waals surface area contributed by atoms with Crippen LogP contribution in [-0.2, 0) is 4.74 Å². The highest BCUT2D eigenvalue weighted by atomic mass is 127. The smallest absolute Gasteiger partial charge is 0.0670 e. The third-order valence-corrected chi connectivity index (χ3v) is 4.00. The molecular formula is C9H15IO. The quantitative estimate of drug-likeness (QED) is 0.523. The molecule has 1 aliphatic carbocycles. The molecule has 1 saturated carbocycles. The van der Waals surface area contributed by atoms with Crippen LogP contribution in [0, 0.1) is 11.3 Å². The molecule has 1 aliphatic heterocycles. The molecule has 0 aromatic heterocycles. The maximum atomic E-state index is 5.70. The molecular weight excluding hydrogens is 251 g/mol. The van der Waals surface area contributed by atoms with E-state index in [4.69, 9.17) is 4.74 Å². The third kappa shape index (κ3) is 1.44. The lowest BCUT2D eigenvalue weighted by Gasteiger charge is -2.42. The second kappa shape index (κ2) is 2.87. The predicted octanol–water partition coefficient (Wildman–Crippen LogP) is 2.63. The van der Waals surface area contributed by atoms with Crippen molar-refractivity contribution < 1.29 is 4.74 Å². The Morgan fingerprint density at radius 1 is 1.45 bits per heavy atom. The summed E-state index contributed by atoms with van der Waals surface area (Å²) in [6.45, 7) is 3.40. The molecule has 2 fully saturated rings. The van der Waals surface area contributed by atoms with E-state index in [0.29, 0.717) is 11.5 Å². The van der Waals surface area contributed by atoms with Crippen LogP contribution in [0.3, 0.4) is 0 Å².